The molecular weight excluding hydrogens is 384 g/mol. The molecule has 7 nitrogen and oxygen atoms in total. The van der Waals surface area contributed by atoms with Crippen LogP contribution in [0.4, 0.5) is 0 Å². The van der Waals surface area contributed by atoms with E-state index in [1.807, 2.05) is 13.0 Å². The zero-order chi connectivity index (χ0) is 21.3. The number of carbonyl (C=O) groups is 3. The molecule has 30 heavy (non-hydrogen) atoms. The Labute approximate surface area is 176 Å². The molecule has 1 aliphatic rings. The van der Waals surface area contributed by atoms with E-state index in [1.165, 1.54) is 0 Å². The molecule has 158 valence electrons. The number of rotatable bonds is 8. The summed E-state index contributed by atoms with van der Waals surface area (Å²) >= 11 is 0. The maximum Gasteiger partial charge on any atom is 0.326 e. The minimum absolute atomic E-state index is 0.236. The minimum atomic E-state index is -1.02. The Morgan fingerprint density at radius 3 is 2.37 bits per heavy atom. The van der Waals surface area contributed by atoms with Gasteiger partial charge in [-0.3, -0.25) is 14.4 Å². The van der Waals surface area contributed by atoms with E-state index in [0.29, 0.717) is 36.6 Å². The summed E-state index contributed by atoms with van der Waals surface area (Å²) in [6.07, 6.45) is 0.858. The summed E-state index contributed by atoms with van der Waals surface area (Å²) in [5.41, 5.74) is 0.940. The first-order chi connectivity index (χ1) is 14.6. The molecule has 3 rings (SSSR count). The lowest BCUT2D eigenvalue weighted by molar-refractivity contribution is -0.159. The summed E-state index contributed by atoms with van der Waals surface area (Å²) in [7, 11) is 0. The Morgan fingerprint density at radius 2 is 1.67 bits per heavy atom. The third kappa shape index (κ3) is 5.37. The van der Waals surface area contributed by atoms with Crippen LogP contribution < -0.4 is 10.1 Å². The molecule has 0 radical (unpaired) electrons. The quantitative estimate of drug-likeness (QED) is 0.677. The molecule has 1 aliphatic heterocycles. The molecule has 1 atom stereocenters. The van der Waals surface area contributed by atoms with Crippen molar-refractivity contribution >= 4 is 17.8 Å². The first-order valence-corrected chi connectivity index (χ1v) is 10.1. The van der Waals surface area contributed by atoms with Gasteiger partial charge in [-0.2, -0.15) is 0 Å². The van der Waals surface area contributed by atoms with Gasteiger partial charge in [0.05, 0.1) is 12.2 Å². The molecule has 1 heterocycles. The van der Waals surface area contributed by atoms with E-state index in [1.54, 1.807) is 53.4 Å². The predicted molar refractivity (Wildman–Crippen MR) is 111 cm³/mol. The molecule has 0 spiro atoms. The molecule has 1 fully saturated rings. The van der Waals surface area contributed by atoms with E-state index in [9.17, 15) is 14.4 Å². The number of carbonyl (C=O) groups excluding carboxylic acids is 3. The van der Waals surface area contributed by atoms with Crippen molar-refractivity contribution in [2.24, 2.45) is 0 Å². The number of amides is 2. The fourth-order valence-corrected chi connectivity index (χ4v) is 3.35. The molecule has 2 amide bonds. The average molecular weight is 410 g/mol. The van der Waals surface area contributed by atoms with Crippen molar-refractivity contribution in [1.82, 2.24) is 10.2 Å². The standard InChI is InChI=1S/C23H26N2O5/c1-2-29-19-13-7-6-12-18(19)22(27)24-16-20(26)30-21(17-10-4-3-5-11-17)23(28)25-14-8-9-15-25/h3-7,10-13,21H,2,8-9,14-16H2,1H3,(H,24,27)/t21-/m1/s1. The van der Waals surface area contributed by atoms with Crippen LogP contribution >= 0.6 is 0 Å². The van der Waals surface area contributed by atoms with Gasteiger partial charge in [-0.1, -0.05) is 42.5 Å². The van der Waals surface area contributed by atoms with Gasteiger partial charge in [0, 0.05) is 18.7 Å². The average Bonchev–Trinajstić information content (AvgIpc) is 3.31. The normalized spacial score (nSPS) is 14.1. The summed E-state index contributed by atoms with van der Waals surface area (Å²) in [6, 6.07) is 15.7. The third-order valence-electron chi connectivity index (χ3n) is 4.82. The Bertz CT molecular complexity index is 878. The fourth-order valence-electron chi connectivity index (χ4n) is 3.35. The molecule has 2 aromatic rings. The molecule has 0 aliphatic carbocycles. The summed E-state index contributed by atoms with van der Waals surface area (Å²) in [5, 5.41) is 2.54. The van der Waals surface area contributed by atoms with Crippen molar-refractivity contribution in [3.8, 4) is 5.75 Å². The highest BCUT2D eigenvalue weighted by Gasteiger charge is 2.31. The van der Waals surface area contributed by atoms with E-state index in [4.69, 9.17) is 9.47 Å². The largest absolute Gasteiger partial charge is 0.493 e. The number of hydrogen-bond acceptors (Lipinski definition) is 5. The highest BCUT2D eigenvalue weighted by atomic mass is 16.5. The molecule has 7 heteroatoms. The van der Waals surface area contributed by atoms with E-state index in [2.05, 4.69) is 5.32 Å². The SMILES string of the molecule is CCOc1ccccc1C(=O)NCC(=O)O[C@@H](C(=O)N1CCCC1)c1ccccc1. The van der Waals surface area contributed by atoms with Crippen LogP contribution in [0.5, 0.6) is 5.75 Å². The van der Waals surface area contributed by atoms with Gasteiger partial charge in [-0.15, -0.1) is 0 Å². The van der Waals surface area contributed by atoms with Crippen molar-refractivity contribution in [2.75, 3.05) is 26.2 Å². The molecule has 0 saturated carbocycles. The molecule has 0 bridgehead atoms. The molecule has 0 unspecified atom stereocenters. The van der Waals surface area contributed by atoms with Gasteiger partial charge in [0.15, 0.2) is 0 Å². The van der Waals surface area contributed by atoms with E-state index >= 15 is 0 Å². The van der Waals surface area contributed by atoms with Crippen LogP contribution in [0, 0.1) is 0 Å². The lowest BCUT2D eigenvalue weighted by Crippen LogP contribution is -2.37. The van der Waals surface area contributed by atoms with Crippen LogP contribution in [0.1, 0.15) is 41.8 Å². The van der Waals surface area contributed by atoms with Crippen LogP contribution in [-0.2, 0) is 14.3 Å². The van der Waals surface area contributed by atoms with Gasteiger partial charge >= 0.3 is 5.97 Å². The predicted octanol–water partition coefficient (Wildman–Crippen LogP) is 2.72. The summed E-state index contributed by atoms with van der Waals surface area (Å²) in [4.78, 5) is 39.5. The zero-order valence-corrected chi connectivity index (χ0v) is 17.0. The van der Waals surface area contributed by atoms with Crippen LogP contribution in [-0.4, -0.2) is 48.9 Å². The summed E-state index contributed by atoms with van der Waals surface area (Å²) in [5.74, 6) is -0.922. The number of ether oxygens (including phenoxy) is 2. The smallest absolute Gasteiger partial charge is 0.326 e. The van der Waals surface area contributed by atoms with Gasteiger partial charge < -0.3 is 19.7 Å². The summed E-state index contributed by atoms with van der Waals surface area (Å²) < 4.78 is 10.9. The first kappa shape index (κ1) is 21.4. The number of likely N-dealkylation sites (tertiary alicyclic amines) is 1. The third-order valence-corrected chi connectivity index (χ3v) is 4.82. The monoisotopic (exact) mass is 410 g/mol. The van der Waals surface area contributed by atoms with Gasteiger partial charge in [0.1, 0.15) is 12.3 Å². The summed E-state index contributed by atoms with van der Waals surface area (Å²) in [6.45, 7) is 3.21. The number of hydrogen-bond donors (Lipinski definition) is 1. The number of nitrogens with zero attached hydrogens (tertiary/aromatic N) is 1. The lowest BCUT2D eigenvalue weighted by atomic mass is 10.1. The number of para-hydroxylation sites is 1. The van der Waals surface area contributed by atoms with E-state index in [0.717, 1.165) is 12.8 Å². The minimum Gasteiger partial charge on any atom is -0.493 e. The lowest BCUT2D eigenvalue weighted by Gasteiger charge is -2.23. The highest BCUT2D eigenvalue weighted by Crippen LogP contribution is 2.23. The Balaban J connectivity index is 1.64. The first-order valence-electron chi connectivity index (χ1n) is 10.1. The Kier molecular flexibility index (Phi) is 7.43. The van der Waals surface area contributed by atoms with Crippen LogP contribution in [0.25, 0.3) is 0 Å². The Hall–Kier alpha value is -3.35. The van der Waals surface area contributed by atoms with E-state index < -0.39 is 18.0 Å². The second kappa shape index (κ2) is 10.4. The second-order valence-corrected chi connectivity index (χ2v) is 6.92. The van der Waals surface area contributed by atoms with Crippen LogP contribution in [0.15, 0.2) is 54.6 Å². The van der Waals surface area contributed by atoms with Gasteiger partial charge in [0.25, 0.3) is 11.8 Å². The number of esters is 1. The molecular formula is C23H26N2O5. The highest BCUT2D eigenvalue weighted by molar-refractivity contribution is 5.98. The van der Waals surface area contributed by atoms with Crippen molar-refractivity contribution in [3.05, 3.63) is 65.7 Å². The van der Waals surface area contributed by atoms with Crippen LogP contribution in [0.3, 0.4) is 0 Å². The second-order valence-electron chi connectivity index (χ2n) is 6.92. The van der Waals surface area contributed by atoms with Crippen molar-refractivity contribution < 1.29 is 23.9 Å². The van der Waals surface area contributed by atoms with Gasteiger partial charge in [-0.05, 0) is 31.9 Å². The molecule has 1 N–H and O–H groups in total. The number of benzene rings is 2. The maximum atomic E-state index is 12.9. The molecule has 0 aromatic heterocycles. The van der Waals surface area contributed by atoms with Crippen LogP contribution in [0.2, 0.25) is 0 Å². The van der Waals surface area contributed by atoms with E-state index in [-0.39, 0.29) is 12.5 Å². The topological polar surface area (TPSA) is 84.9 Å². The zero-order valence-electron chi connectivity index (χ0n) is 17.0. The molecule has 2 aromatic carbocycles. The molecule has 1 saturated heterocycles. The van der Waals surface area contributed by atoms with Gasteiger partial charge in [0.2, 0.25) is 6.10 Å². The van der Waals surface area contributed by atoms with Crippen molar-refractivity contribution in [2.45, 2.75) is 25.9 Å². The Morgan fingerprint density at radius 1 is 1.00 bits per heavy atom. The van der Waals surface area contributed by atoms with Crippen molar-refractivity contribution in [3.63, 3.8) is 0 Å². The fraction of sp³-hybridized carbons (Fsp3) is 0.348. The number of nitrogens with one attached hydrogen (secondary N) is 1. The van der Waals surface area contributed by atoms with Gasteiger partial charge in [-0.25, -0.2) is 0 Å². The maximum absolute atomic E-state index is 12.9. The van der Waals surface area contributed by atoms with Crippen molar-refractivity contribution in [1.29, 1.82) is 0 Å².